The molecule has 0 saturated carbocycles. The monoisotopic (exact) mass is 356 g/mol. The van der Waals surface area contributed by atoms with Crippen LogP contribution in [0.15, 0.2) is 0 Å². The standard InChI is InChI=1S/C4H4F5.C4H9O.O.Sn/c1-2(5)4(8,9)3(6)7;1-2-3-4-5;;/h2H,1H3;2-4H2,1H3;;/q;-1;;+1. The Balaban J connectivity index is 4.58. The van der Waals surface area contributed by atoms with Crippen molar-refractivity contribution in [3.8, 4) is 0 Å². The van der Waals surface area contributed by atoms with E-state index in [4.69, 9.17) is 0 Å². The quantitative estimate of drug-likeness (QED) is 0.399. The molecule has 0 aliphatic heterocycles. The van der Waals surface area contributed by atoms with Crippen LogP contribution in [0, 0.1) is 0 Å². The van der Waals surface area contributed by atoms with Crippen LogP contribution in [0.2, 0.25) is 0 Å². The zero-order chi connectivity index (χ0) is 13.0. The van der Waals surface area contributed by atoms with Crippen molar-refractivity contribution in [3.63, 3.8) is 0 Å². The van der Waals surface area contributed by atoms with Gasteiger partial charge in [-0.05, 0) is 0 Å². The summed E-state index contributed by atoms with van der Waals surface area (Å²) in [6.07, 6.45) is -2.13. The van der Waals surface area contributed by atoms with Crippen LogP contribution < -0.4 is 0 Å². The molecular formula is C8H13F5O2Sn. The van der Waals surface area contributed by atoms with Crippen molar-refractivity contribution in [2.45, 2.75) is 42.7 Å². The molecular weight excluding hydrogens is 342 g/mol. The maximum atomic E-state index is 12.9. The molecule has 0 N–H and O–H groups in total. The Bertz CT molecular complexity index is 245. The molecule has 0 heterocycles. The summed E-state index contributed by atoms with van der Waals surface area (Å²) in [6.45, 7) is 1.77. The van der Waals surface area contributed by atoms with E-state index in [1.165, 1.54) is 0 Å². The average Bonchev–Trinajstić information content (AvgIpc) is 2.17. The molecule has 1 atom stereocenters. The molecule has 96 valence electrons. The van der Waals surface area contributed by atoms with Crippen molar-refractivity contribution in [2.24, 2.45) is 0 Å². The van der Waals surface area contributed by atoms with Crippen LogP contribution in [-0.4, -0.2) is 42.8 Å². The Labute approximate surface area is 97.8 Å². The summed E-state index contributed by atoms with van der Waals surface area (Å²) in [4.78, 5) is 0. The number of alkyl halides is 5. The van der Waals surface area contributed by atoms with Crippen molar-refractivity contribution < 1.29 is 28.1 Å². The molecule has 0 aromatic heterocycles. The van der Waals surface area contributed by atoms with E-state index >= 15 is 0 Å². The van der Waals surface area contributed by atoms with Gasteiger partial charge in [0.05, 0.1) is 0 Å². The first-order valence-corrected chi connectivity index (χ1v) is 8.50. The fourth-order valence-electron chi connectivity index (χ4n) is 0.786. The first-order valence-electron chi connectivity index (χ1n) is 4.74. The molecule has 0 aliphatic rings. The molecule has 0 fully saturated rings. The van der Waals surface area contributed by atoms with Gasteiger partial charge in [0.15, 0.2) is 0 Å². The third-order valence-electron chi connectivity index (χ3n) is 1.91. The minimum atomic E-state index is -5.30. The van der Waals surface area contributed by atoms with E-state index in [2.05, 4.69) is 3.07 Å². The number of rotatable bonds is 7. The van der Waals surface area contributed by atoms with E-state index in [-0.39, 0.29) is 6.61 Å². The summed E-state index contributed by atoms with van der Waals surface area (Å²) in [5.74, 6) is -4.93. The van der Waals surface area contributed by atoms with Crippen molar-refractivity contribution in [3.05, 3.63) is 0 Å². The van der Waals surface area contributed by atoms with E-state index in [1.807, 2.05) is 0 Å². The van der Waals surface area contributed by atoms with Crippen LogP contribution in [-0.2, 0) is 6.15 Å². The van der Waals surface area contributed by atoms with Gasteiger partial charge < -0.3 is 0 Å². The van der Waals surface area contributed by atoms with Gasteiger partial charge in [0.2, 0.25) is 0 Å². The topological polar surface area (TPSA) is 26.3 Å². The van der Waals surface area contributed by atoms with Gasteiger partial charge in [-0.25, -0.2) is 0 Å². The summed E-state index contributed by atoms with van der Waals surface area (Å²) in [5, 5.41) is 0. The van der Waals surface area contributed by atoms with Crippen molar-refractivity contribution in [2.75, 3.05) is 6.61 Å². The Hall–Kier alpha value is 0.209. The Morgan fingerprint density at radius 1 is 1.31 bits per heavy atom. The minimum absolute atomic E-state index is 0.263. The maximum absolute atomic E-state index is 12.9. The third kappa shape index (κ3) is 3.61. The van der Waals surface area contributed by atoms with Gasteiger partial charge >= 0.3 is 97.6 Å². The second-order valence-corrected chi connectivity index (χ2v) is 7.56. The van der Waals surface area contributed by atoms with Crippen molar-refractivity contribution in [1.82, 2.24) is 0 Å². The van der Waals surface area contributed by atoms with Gasteiger partial charge in [0.1, 0.15) is 0 Å². The number of hydrogen-bond donors (Lipinski definition) is 0. The molecule has 1 unspecified atom stereocenters. The Kier molecular flexibility index (Phi) is 6.31. The molecule has 0 amide bonds. The van der Waals surface area contributed by atoms with Crippen LogP contribution in [0.3, 0.4) is 0 Å². The second-order valence-electron chi connectivity index (χ2n) is 3.30. The van der Waals surface area contributed by atoms with Crippen molar-refractivity contribution in [1.29, 1.82) is 0 Å². The zero-order valence-electron chi connectivity index (χ0n) is 8.90. The van der Waals surface area contributed by atoms with Gasteiger partial charge in [0.25, 0.3) is 0 Å². The van der Waals surface area contributed by atoms with Crippen LogP contribution in [0.1, 0.15) is 26.7 Å². The third-order valence-corrected chi connectivity index (χ3v) is 5.65. The molecule has 0 saturated heterocycles. The van der Waals surface area contributed by atoms with E-state index in [1.54, 1.807) is 6.92 Å². The fourth-order valence-corrected chi connectivity index (χ4v) is 3.59. The Morgan fingerprint density at radius 3 is 2.19 bits per heavy atom. The van der Waals surface area contributed by atoms with Crippen LogP contribution in [0.25, 0.3) is 0 Å². The van der Waals surface area contributed by atoms with Crippen molar-refractivity contribution >= 4 is 20.2 Å². The number of unbranched alkanes of at least 4 members (excludes halogenated alkanes) is 1. The average molecular weight is 355 g/mol. The second kappa shape index (κ2) is 6.23. The molecule has 0 aromatic carbocycles. The summed E-state index contributed by atoms with van der Waals surface area (Å²) in [6, 6.07) is 0. The normalized spacial score (nSPS) is 14.9. The summed E-state index contributed by atoms with van der Waals surface area (Å²) in [7, 11) is 0. The molecule has 0 aliphatic carbocycles. The summed E-state index contributed by atoms with van der Waals surface area (Å²) < 4.78 is 74.0. The molecule has 8 heteroatoms. The van der Waals surface area contributed by atoms with Gasteiger partial charge in [-0.3, -0.25) is 0 Å². The number of halogens is 5. The molecule has 0 rings (SSSR count). The van der Waals surface area contributed by atoms with Gasteiger partial charge in [-0.1, -0.05) is 0 Å². The van der Waals surface area contributed by atoms with Crippen LogP contribution in [0.4, 0.5) is 22.0 Å². The molecule has 0 spiro atoms. The van der Waals surface area contributed by atoms with Gasteiger partial charge in [-0.2, -0.15) is 0 Å². The molecule has 2 nitrogen and oxygen atoms in total. The van der Waals surface area contributed by atoms with Crippen LogP contribution in [0.5, 0.6) is 0 Å². The Morgan fingerprint density at radius 2 is 1.81 bits per heavy atom. The first kappa shape index (κ1) is 16.2. The predicted molar refractivity (Wildman–Crippen MR) is 47.8 cm³/mol. The summed E-state index contributed by atoms with van der Waals surface area (Å²) >= 11 is -5.30. The van der Waals surface area contributed by atoms with E-state index < -0.39 is 36.2 Å². The predicted octanol–water partition coefficient (Wildman–Crippen LogP) is 2.89. The van der Waals surface area contributed by atoms with E-state index in [0.29, 0.717) is 19.8 Å². The van der Waals surface area contributed by atoms with E-state index in [0.717, 1.165) is 0 Å². The molecule has 16 heavy (non-hydrogen) atoms. The SMILES string of the molecule is CCCC[O][Sn](=[O])[C](F)(F)C(F)(F)C(C)F. The summed E-state index contributed by atoms with van der Waals surface area (Å²) in [5.41, 5.74) is 0. The zero-order valence-corrected chi connectivity index (χ0v) is 11.8. The first-order chi connectivity index (χ1) is 7.17. The molecule has 0 aromatic rings. The molecule has 0 radical (unpaired) electrons. The van der Waals surface area contributed by atoms with Crippen LogP contribution >= 0.6 is 0 Å². The van der Waals surface area contributed by atoms with Gasteiger partial charge in [-0.15, -0.1) is 0 Å². The van der Waals surface area contributed by atoms with Gasteiger partial charge in [0, 0.05) is 0 Å². The fraction of sp³-hybridized carbons (Fsp3) is 1.00. The van der Waals surface area contributed by atoms with E-state index in [9.17, 15) is 25.0 Å². The molecule has 0 bridgehead atoms. The number of hydrogen-bond acceptors (Lipinski definition) is 2.